The molecule has 3 rings (SSSR count). The van der Waals surface area contributed by atoms with Gasteiger partial charge in [0.05, 0.1) is 11.6 Å². The average Bonchev–Trinajstić information content (AvgIpc) is 2.84. The Morgan fingerprint density at radius 2 is 1.95 bits per heavy atom. The monoisotopic (exact) mass is 352 g/mol. The summed E-state index contributed by atoms with van der Waals surface area (Å²) in [5.74, 6) is 0. The van der Waals surface area contributed by atoms with Gasteiger partial charge in [0, 0.05) is 19.6 Å². The number of hydrogen-bond donors (Lipinski definition) is 1. The molecule has 0 bridgehead atoms. The van der Waals surface area contributed by atoms with E-state index >= 15 is 0 Å². The summed E-state index contributed by atoms with van der Waals surface area (Å²) < 4.78 is 2.16. The van der Waals surface area contributed by atoms with E-state index in [1.165, 1.54) is 10.1 Å². The number of hydrogen-bond acceptors (Lipinski definition) is 2. The number of aliphatic hydroxyl groups excluding tert-OH is 1. The fourth-order valence-electron chi connectivity index (χ4n) is 2.05. The molecule has 1 N–H and O–H groups in total. The van der Waals surface area contributed by atoms with E-state index in [1.807, 2.05) is 24.3 Å². The van der Waals surface area contributed by atoms with Crippen LogP contribution in [0.1, 0.15) is 5.56 Å². The molecule has 0 saturated carbocycles. The zero-order chi connectivity index (χ0) is 13.4. The highest BCUT2D eigenvalue weighted by atomic mass is 79.9. The number of fused-ring (bicyclic) bond motifs is 1. The molecule has 19 heavy (non-hydrogen) atoms. The van der Waals surface area contributed by atoms with Crippen LogP contribution in [0.3, 0.4) is 0 Å². The number of halogens is 2. The maximum atomic E-state index is 9.35. The summed E-state index contributed by atoms with van der Waals surface area (Å²) in [6.07, 6.45) is 0. The Hall–Kier alpha value is -0.870. The van der Waals surface area contributed by atoms with Crippen LogP contribution in [-0.4, -0.2) is 5.11 Å². The van der Waals surface area contributed by atoms with Gasteiger partial charge in [-0.1, -0.05) is 45.7 Å². The van der Waals surface area contributed by atoms with Gasteiger partial charge in [-0.3, -0.25) is 0 Å². The molecule has 0 aliphatic rings. The van der Waals surface area contributed by atoms with Gasteiger partial charge in [-0.05, 0) is 35.2 Å². The smallest absolute Gasteiger partial charge is 0.0697 e. The largest absolute Gasteiger partial charge is 0.392 e. The molecular weight excluding hydrogens is 344 g/mol. The van der Waals surface area contributed by atoms with E-state index in [0.717, 1.165) is 20.5 Å². The third-order valence-electron chi connectivity index (χ3n) is 2.97. The maximum absolute atomic E-state index is 9.35. The first kappa shape index (κ1) is 13.1. The molecule has 3 aromatic rings. The van der Waals surface area contributed by atoms with Crippen LogP contribution in [0.15, 0.2) is 46.9 Å². The van der Waals surface area contributed by atoms with E-state index in [4.69, 9.17) is 11.6 Å². The summed E-state index contributed by atoms with van der Waals surface area (Å²) >= 11 is 11.5. The lowest BCUT2D eigenvalue weighted by molar-refractivity contribution is 0.282. The lowest BCUT2D eigenvalue weighted by Gasteiger charge is -2.07. The van der Waals surface area contributed by atoms with Gasteiger partial charge in [0.25, 0.3) is 0 Å². The molecule has 0 spiro atoms. The normalized spacial score (nSPS) is 11.1. The molecule has 1 aromatic heterocycles. The molecule has 1 heterocycles. The SMILES string of the molecule is OCc1cc(Br)cc(-c2cc3ccccc3s2)c1Cl. The van der Waals surface area contributed by atoms with Gasteiger partial charge >= 0.3 is 0 Å². The van der Waals surface area contributed by atoms with Crippen molar-refractivity contribution in [3.05, 3.63) is 57.5 Å². The van der Waals surface area contributed by atoms with Gasteiger partial charge < -0.3 is 5.11 Å². The van der Waals surface area contributed by atoms with E-state index in [-0.39, 0.29) is 6.61 Å². The summed E-state index contributed by atoms with van der Waals surface area (Å²) in [4.78, 5) is 1.11. The van der Waals surface area contributed by atoms with Crippen molar-refractivity contribution in [3.8, 4) is 10.4 Å². The molecule has 0 amide bonds. The Bertz CT molecular complexity index is 718. The second kappa shape index (κ2) is 5.25. The van der Waals surface area contributed by atoms with E-state index in [0.29, 0.717) is 5.02 Å². The Morgan fingerprint density at radius 3 is 2.68 bits per heavy atom. The third kappa shape index (κ3) is 2.43. The Kier molecular flexibility index (Phi) is 3.63. The van der Waals surface area contributed by atoms with Crippen LogP contribution < -0.4 is 0 Å². The molecule has 0 radical (unpaired) electrons. The molecule has 96 valence electrons. The van der Waals surface area contributed by atoms with Gasteiger partial charge in [0.1, 0.15) is 0 Å². The van der Waals surface area contributed by atoms with Crippen LogP contribution in [0.25, 0.3) is 20.5 Å². The molecule has 0 fully saturated rings. The van der Waals surface area contributed by atoms with Crippen molar-refractivity contribution < 1.29 is 5.11 Å². The molecule has 0 atom stereocenters. The van der Waals surface area contributed by atoms with E-state index in [1.54, 1.807) is 11.3 Å². The zero-order valence-electron chi connectivity index (χ0n) is 9.86. The lowest BCUT2D eigenvalue weighted by atomic mass is 10.1. The third-order valence-corrected chi connectivity index (χ3v) is 5.03. The number of aliphatic hydroxyl groups is 1. The molecule has 1 nitrogen and oxygen atoms in total. The fraction of sp³-hybridized carbons (Fsp3) is 0.0667. The van der Waals surface area contributed by atoms with E-state index < -0.39 is 0 Å². The topological polar surface area (TPSA) is 20.2 Å². The highest BCUT2D eigenvalue weighted by Gasteiger charge is 2.12. The first-order valence-electron chi connectivity index (χ1n) is 5.77. The maximum Gasteiger partial charge on any atom is 0.0697 e. The van der Waals surface area contributed by atoms with Crippen LogP contribution >= 0.6 is 38.9 Å². The highest BCUT2D eigenvalue weighted by Crippen LogP contribution is 2.39. The minimum Gasteiger partial charge on any atom is -0.392 e. The molecule has 0 aliphatic carbocycles. The summed E-state index contributed by atoms with van der Waals surface area (Å²) in [6, 6.07) is 14.2. The molecule has 0 aliphatic heterocycles. The second-order valence-electron chi connectivity index (χ2n) is 4.23. The second-order valence-corrected chi connectivity index (χ2v) is 6.61. The quantitative estimate of drug-likeness (QED) is 0.647. The zero-order valence-corrected chi connectivity index (χ0v) is 13.0. The molecule has 4 heteroatoms. The fourth-order valence-corrected chi connectivity index (χ4v) is 3.97. The van der Waals surface area contributed by atoms with Crippen LogP contribution in [-0.2, 0) is 6.61 Å². The summed E-state index contributed by atoms with van der Waals surface area (Å²) in [6.45, 7) is -0.0594. The van der Waals surface area contributed by atoms with E-state index in [2.05, 4.69) is 34.1 Å². The molecule has 0 saturated heterocycles. The predicted molar refractivity (Wildman–Crippen MR) is 85.9 cm³/mol. The van der Waals surface area contributed by atoms with Crippen molar-refractivity contribution in [3.63, 3.8) is 0 Å². The highest BCUT2D eigenvalue weighted by molar-refractivity contribution is 9.10. The molecule has 0 unspecified atom stereocenters. The molecule has 2 aromatic carbocycles. The van der Waals surface area contributed by atoms with Crippen LogP contribution in [0.5, 0.6) is 0 Å². The minimum absolute atomic E-state index is 0.0594. The summed E-state index contributed by atoms with van der Waals surface area (Å²) in [5, 5.41) is 11.2. The number of benzene rings is 2. The minimum atomic E-state index is -0.0594. The van der Waals surface area contributed by atoms with Gasteiger partial charge in [-0.25, -0.2) is 0 Å². The van der Waals surface area contributed by atoms with Crippen LogP contribution in [0, 0.1) is 0 Å². The standard InChI is InChI=1S/C15H10BrClOS/c16-11-5-10(8-18)15(17)12(7-11)14-6-9-3-1-2-4-13(9)19-14/h1-7,18H,8H2. The Morgan fingerprint density at radius 1 is 1.16 bits per heavy atom. The Labute approximate surface area is 128 Å². The number of rotatable bonds is 2. The lowest BCUT2D eigenvalue weighted by Crippen LogP contribution is -1.88. The van der Waals surface area contributed by atoms with Crippen LogP contribution in [0.4, 0.5) is 0 Å². The Balaban J connectivity index is 2.23. The first-order valence-corrected chi connectivity index (χ1v) is 7.75. The summed E-state index contributed by atoms with van der Waals surface area (Å²) in [7, 11) is 0. The first-order chi connectivity index (χ1) is 9.19. The summed E-state index contributed by atoms with van der Waals surface area (Å²) in [5.41, 5.74) is 1.70. The van der Waals surface area contributed by atoms with Gasteiger partial charge in [-0.2, -0.15) is 0 Å². The molecular formula is C15H10BrClOS. The predicted octanol–water partition coefficient (Wildman–Crippen LogP) is 5.48. The van der Waals surface area contributed by atoms with Crippen molar-refractivity contribution in [1.82, 2.24) is 0 Å². The van der Waals surface area contributed by atoms with Crippen molar-refractivity contribution >= 4 is 49.0 Å². The van der Waals surface area contributed by atoms with Crippen molar-refractivity contribution in [2.75, 3.05) is 0 Å². The van der Waals surface area contributed by atoms with Gasteiger partial charge in [0.2, 0.25) is 0 Å². The van der Waals surface area contributed by atoms with E-state index in [9.17, 15) is 5.11 Å². The van der Waals surface area contributed by atoms with Crippen LogP contribution in [0.2, 0.25) is 5.02 Å². The van der Waals surface area contributed by atoms with Gasteiger partial charge in [-0.15, -0.1) is 11.3 Å². The van der Waals surface area contributed by atoms with Crippen molar-refractivity contribution in [1.29, 1.82) is 0 Å². The average molecular weight is 354 g/mol. The van der Waals surface area contributed by atoms with Gasteiger partial charge in [0.15, 0.2) is 0 Å². The number of thiophene rings is 1. The van der Waals surface area contributed by atoms with Crippen molar-refractivity contribution in [2.45, 2.75) is 6.61 Å². The van der Waals surface area contributed by atoms with Crippen molar-refractivity contribution in [2.24, 2.45) is 0 Å².